The van der Waals surface area contributed by atoms with E-state index in [-0.39, 0.29) is 5.91 Å². The Hall–Kier alpha value is -3.13. The molecular weight excluding hydrogens is 458 g/mol. The number of rotatable bonds is 6. The standard InChI is InChI=1S/C23H24BrN5O2/c1-28-15-19(24)22(27-28)23(30)26-25-13-16-9-10-21(31-2)18(12-16)14-29-11-5-7-17-6-3-4-8-20(17)29/h3-4,6,8-10,12-13,15H,5,7,11,14H2,1-2H3,(H,26,30). The molecule has 1 N–H and O–H groups in total. The Morgan fingerprint density at radius 1 is 1.32 bits per heavy atom. The lowest BCUT2D eigenvalue weighted by molar-refractivity contribution is 0.0948. The molecule has 1 amide bonds. The molecule has 160 valence electrons. The van der Waals surface area contributed by atoms with Crippen LogP contribution in [0.15, 0.2) is 58.2 Å². The summed E-state index contributed by atoms with van der Waals surface area (Å²) in [6.07, 6.45) is 5.59. The monoisotopic (exact) mass is 481 g/mol. The smallest absolute Gasteiger partial charge is 0.293 e. The molecule has 0 radical (unpaired) electrons. The summed E-state index contributed by atoms with van der Waals surface area (Å²) in [6.45, 7) is 1.75. The molecule has 0 saturated heterocycles. The van der Waals surface area contributed by atoms with Crippen LogP contribution < -0.4 is 15.1 Å². The van der Waals surface area contributed by atoms with Crippen molar-refractivity contribution in [3.8, 4) is 5.75 Å². The molecule has 0 spiro atoms. The van der Waals surface area contributed by atoms with E-state index in [1.165, 1.54) is 11.3 Å². The summed E-state index contributed by atoms with van der Waals surface area (Å²) in [6, 6.07) is 14.4. The van der Waals surface area contributed by atoms with Gasteiger partial charge in [-0.25, -0.2) is 5.43 Å². The lowest BCUT2D eigenvalue weighted by Gasteiger charge is -2.31. The van der Waals surface area contributed by atoms with Crippen LogP contribution in [0.25, 0.3) is 0 Å². The first-order valence-corrected chi connectivity index (χ1v) is 10.9. The number of anilines is 1. The third-order valence-corrected chi connectivity index (χ3v) is 5.83. The number of nitrogens with zero attached hydrogens (tertiary/aromatic N) is 4. The number of ether oxygens (including phenoxy) is 1. The maximum Gasteiger partial charge on any atom is 0.293 e. The van der Waals surface area contributed by atoms with Gasteiger partial charge in [0.1, 0.15) is 5.75 Å². The van der Waals surface area contributed by atoms with Gasteiger partial charge in [0, 0.05) is 37.6 Å². The largest absolute Gasteiger partial charge is 0.496 e. The third-order valence-electron chi connectivity index (χ3n) is 5.25. The van der Waals surface area contributed by atoms with Gasteiger partial charge < -0.3 is 9.64 Å². The summed E-state index contributed by atoms with van der Waals surface area (Å²) in [4.78, 5) is 14.6. The van der Waals surface area contributed by atoms with Gasteiger partial charge in [-0.15, -0.1) is 0 Å². The van der Waals surface area contributed by atoms with E-state index in [1.807, 2.05) is 18.2 Å². The van der Waals surface area contributed by atoms with Gasteiger partial charge in [0.2, 0.25) is 0 Å². The Bertz CT molecular complexity index is 1120. The number of carbonyl (C=O) groups is 1. The number of hydrogen-bond donors (Lipinski definition) is 1. The average molecular weight is 482 g/mol. The van der Waals surface area contributed by atoms with Gasteiger partial charge >= 0.3 is 0 Å². The SMILES string of the molecule is COc1ccc(C=NNC(=O)c2nn(C)cc2Br)cc1CN1CCCc2ccccc21. The van der Waals surface area contributed by atoms with Crippen LogP contribution in [0.5, 0.6) is 5.75 Å². The zero-order valence-electron chi connectivity index (χ0n) is 17.5. The predicted octanol–water partition coefficient (Wildman–Crippen LogP) is 3.91. The Labute approximate surface area is 189 Å². The lowest BCUT2D eigenvalue weighted by atomic mass is 10.0. The van der Waals surface area contributed by atoms with Crippen LogP contribution in [0, 0.1) is 0 Å². The number of aromatic nitrogens is 2. The van der Waals surface area contributed by atoms with Crippen molar-refractivity contribution in [2.45, 2.75) is 19.4 Å². The highest BCUT2D eigenvalue weighted by Gasteiger charge is 2.18. The molecule has 7 nitrogen and oxygen atoms in total. The summed E-state index contributed by atoms with van der Waals surface area (Å²) in [5.41, 5.74) is 7.43. The zero-order valence-corrected chi connectivity index (χ0v) is 19.1. The molecule has 4 rings (SSSR count). The summed E-state index contributed by atoms with van der Waals surface area (Å²) in [5.74, 6) is 0.462. The summed E-state index contributed by atoms with van der Waals surface area (Å²) >= 11 is 3.32. The van der Waals surface area contributed by atoms with Gasteiger partial charge in [-0.1, -0.05) is 18.2 Å². The number of hydrazone groups is 1. The molecule has 2 heterocycles. The number of halogens is 1. The van der Waals surface area contributed by atoms with Crippen LogP contribution in [0.2, 0.25) is 0 Å². The van der Waals surface area contributed by atoms with Crippen LogP contribution in [0.1, 0.15) is 33.6 Å². The van der Waals surface area contributed by atoms with Crippen LogP contribution in [0.3, 0.4) is 0 Å². The van der Waals surface area contributed by atoms with E-state index in [0.717, 1.165) is 42.8 Å². The maximum absolute atomic E-state index is 12.3. The topological polar surface area (TPSA) is 71.7 Å². The van der Waals surface area contributed by atoms with Crippen molar-refractivity contribution < 1.29 is 9.53 Å². The number of carbonyl (C=O) groups excluding carboxylic acids is 1. The molecular formula is C23H24BrN5O2. The summed E-state index contributed by atoms with van der Waals surface area (Å²) < 4.78 is 7.78. The molecule has 8 heteroatoms. The Balaban J connectivity index is 1.50. The highest BCUT2D eigenvalue weighted by atomic mass is 79.9. The number of amides is 1. The van der Waals surface area contributed by atoms with E-state index in [2.05, 4.69) is 60.7 Å². The van der Waals surface area contributed by atoms with Crippen LogP contribution in [-0.4, -0.2) is 35.6 Å². The van der Waals surface area contributed by atoms with E-state index in [9.17, 15) is 4.79 Å². The lowest BCUT2D eigenvalue weighted by Crippen LogP contribution is -2.29. The minimum Gasteiger partial charge on any atom is -0.496 e. The normalized spacial score (nSPS) is 13.3. The van der Waals surface area contributed by atoms with E-state index < -0.39 is 0 Å². The number of methoxy groups -OCH3 is 1. The van der Waals surface area contributed by atoms with Gasteiger partial charge in [0.25, 0.3) is 5.91 Å². The Morgan fingerprint density at radius 3 is 2.94 bits per heavy atom. The number of fused-ring (bicyclic) bond motifs is 1. The molecule has 0 aliphatic carbocycles. The van der Waals surface area contributed by atoms with E-state index >= 15 is 0 Å². The van der Waals surface area contributed by atoms with Crippen molar-refractivity contribution in [2.24, 2.45) is 12.1 Å². The molecule has 0 bridgehead atoms. The fourth-order valence-electron chi connectivity index (χ4n) is 3.82. The summed E-state index contributed by atoms with van der Waals surface area (Å²) in [7, 11) is 3.44. The van der Waals surface area contributed by atoms with Crippen molar-refractivity contribution in [3.05, 3.63) is 75.5 Å². The number of aryl methyl sites for hydroxylation is 2. The molecule has 0 unspecified atom stereocenters. The summed E-state index contributed by atoms with van der Waals surface area (Å²) in [5, 5.41) is 8.22. The zero-order chi connectivity index (χ0) is 21.8. The average Bonchev–Trinajstić information content (AvgIpc) is 3.12. The second-order valence-electron chi connectivity index (χ2n) is 7.42. The Kier molecular flexibility index (Phi) is 6.36. The molecule has 0 saturated carbocycles. The third kappa shape index (κ3) is 4.80. The van der Waals surface area contributed by atoms with Crippen molar-refractivity contribution in [2.75, 3.05) is 18.6 Å². The second-order valence-corrected chi connectivity index (χ2v) is 8.28. The van der Waals surface area contributed by atoms with E-state index in [0.29, 0.717) is 10.2 Å². The number of benzene rings is 2. The van der Waals surface area contributed by atoms with Gasteiger partial charge in [-0.2, -0.15) is 10.2 Å². The van der Waals surface area contributed by atoms with Crippen LogP contribution >= 0.6 is 15.9 Å². The van der Waals surface area contributed by atoms with Gasteiger partial charge in [0.15, 0.2) is 5.69 Å². The van der Waals surface area contributed by atoms with Crippen molar-refractivity contribution in [1.82, 2.24) is 15.2 Å². The fraction of sp³-hybridized carbons (Fsp3) is 0.261. The van der Waals surface area contributed by atoms with Crippen LogP contribution in [-0.2, 0) is 20.0 Å². The molecule has 0 fully saturated rings. The minimum absolute atomic E-state index is 0.291. The van der Waals surface area contributed by atoms with Crippen LogP contribution in [0.4, 0.5) is 5.69 Å². The first kappa shape index (κ1) is 21.1. The fourth-order valence-corrected chi connectivity index (χ4v) is 4.37. The molecule has 0 atom stereocenters. The minimum atomic E-state index is -0.373. The highest BCUT2D eigenvalue weighted by Crippen LogP contribution is 2.30. The number of hydrogen-bond acceptors (Lipinski definition) is 5. The first-order valence-electron chi connectivity index (χ1n) is 10.1. The van der Waals surface area contributed by atoms with E-state index in [1.54, 1.807) is 31.3 Å². The van der Waals surface area contributed by atoms with Gasteiger partial charge in [0.05, 0.1) is 17.8 Å². The van der Waals surface area contributed by atoms with Crippen molar-refractivity contribution >= 4 is 33.7 Å². The molecule has 1 aromatic heterocycles. The maximum atomic E-state index is 12.3. The molecule has 1 aliphatic heterocycles. The quantitative estimate of drug-likeness (QED) is 0.427. The highest BCUT2D eigenvalue weighted by molar-refractivity contribution is 9.10. The molecule has 1 aliphatic rings. The molecule has 2 aromatic carbocycles. The molecule has 3 aromatic rings. The van der Waals surface area contributed by atoms with Gasteiger partial charge in [-0.3, -0.25) is 9.48 Å². The number of para-hydroxylation sites is 1. The van der Waals surface area contributed by atoms with Crippen molar-refractivity contribution in [3.63, 3.8) is 0 Å². The second kappa shape index (κ2) is 9.34. The first-order chi connectivity index (χ1) is 15.0. The van der Waals surface area contributed by atoms with Crippen molar-refractivity contribution in [1.29, 1.82) is 0 Å². The number of nitrogens with one attached hydrogen (secondary N) is 1. The molecule has 31 heavy (non-hydrogen) atoms. The predicted molar refractivity (Wildman–Crippen MR) is 125 cm³/mol. The van der Waals surface area contributed by atoms with Gasteiger partial charge in [-0.05, 0) is 64.2 Å². The van der Waals surface area contributed by atoms with E-state index in [4.69, 9.17) is 4.74 Å². The Morgan fingerprint density at radius 2 is 2.16 bits per heavy atom.